The van der Waals surface area contributed by atoms with Crippen LogP contribution in [0, 0.1) is 6.92 Å². The lowest BCUT2D eigenvalue weighted by molar-refractivity contribution is 0.0952. The molecule has 0 unspecified atom stereocenters. The fraction of sp³-hybridized carbons (Fsp3) is 0.250. The number of carbonyl (C=O) groups excluding carboxylic acids is 1. The zero-order chi connectivity index (χ0) is 21.4. The fourth-order valence-corrected chi connectivity index (χ4v) is 4.17. The van der Waals surface area contributed by atoms with Crippen LogP contribution in [0.3, 0.4) is 0 Å². The number of hydrogen-bond donors (Lipinski definition) is 1. The van der Waals surface area contributed by atoms with Crippen molar-refractivity contribution in [2.75, 3.05) is 31.3 Å². The van der Waals surface area contributed by atoms with Crippen LogP contribution in [0.5, 0.6) is 11.5 Å². The van der Waals surface area contributed by atoms with Crippen LogP contribution in [0.15, 0.2) is 59.5 Å². The zero-order valence-corrected chi connectivity index (χ0v) is 17.3. The largest absolute Gasteiger partial charge is 0.454 e. The van der Waals surface area contributed by atoms with Crippen molar-refractivity contribution in [3.63, 3.8) is 0 Å². The molecule has 0 aliphatic carbocycles. The molecule has 31 heavy (non-hydrogen) atoms. The van der Waals surface area contributed by atoms with Crippen LogP contribution in [0.2, 0.25) is 0 Å². The molecule has 0 fully saturated rings. The second-order valence-electron chi connectivity index (χ2n) is 7.71. The Morgan fingerprint density at radius 3 is 2.84 bits per heavy atom. The van der Waals surface area contributed by atoms with E-state index in [1.807, 2.05) is 12.1 Å². The van der Waals surface area contributed by atoms with Gasteiger partial charge in [0.05, 0.1) is 5.69 Å². The van der Waals surface area contributed by atoms with Crippen molar-refractivity contribution in [2.24, 2.45) is 0 Å². The molecule has 0 spiro atoms. The molecule has 0 radical (unpaired) electrons. The summed E-state index contributed by atoms with van der Waals surface area (Å²) in [6.07, 6.45) is 2.69. The van der Waals surface area contributed by atoms with Crippen molar-refractivity contribution in [3.8, 4) is 17.2 Å². The fourth-order valence-electron chi connectivity index (χ4n) is 4.17. The summed E-state index contributed by atoms with van der Waals surface area (Å²) >= 11 is 0. The Labute approximate surface area is 179 Å². The molecule has 158 valence electrons. The molecule has 2 aromatic carbocycles. The summed E-state index contributed by atoms with van der Waals surface area (Å²) in [5, 5.41) is 2.92. The number of nitrogens with one attached hydrogen (secondary N) is 1. The number of nitrogens with zero attached hydrogens (tertiary/aromatic N) is 2. The van der Waals surface area contributed by atoms with Crippen LogP contribution in [-0.2, 0) is 6.42 Å². The maximum atomic E-state index is 13.1. The summed E-state index contributed by atoms with van der Waals surface area (Å²) in [6.45, 7) is 4.04. The predicted molar refractivity (Wildman–Crippen MR) is 118 cm³/mol. The van der Waals surface area contributed by atoms with Gasteiger partial charge in [-0.2, -0.15) is 0 Å². The van der Waals surface area contributed by atoms with E-state index in [4.69, 9.17) is 9.47 Å². The second kappa shape index (κ2) is 7.83. The highest BCUT2D eigenvalue weighted by Crippen LogP contribution is 2.33. The van der Waals surface area contributed by atoms with Gasteiger partial charge in [-0.1, -0.05) is 18.2 Å². The first-order valence-electron chi connectivity index (χ1n) is 10.3. The number of para-hydroxylation sites is 1. The van der Waals surface area contributed by atoms with Crippen molar-refractivity contribution in [1.82, 2.24) is 9.88 Å². The molecular weight excluding hydrogens is 394 g/mol. The van der Waals surface area contributed by atoms with Crippen LogP contribution in [-0.4, -0.2) is 36.9 Å². The second-order valence-corrected chi connectivity index (χ2v) is 7.71. The summed E-state index contributed by atoms with van der Waals surface area (Å²) in [6, 6.07) is 15.4. The summed E-state index contributed by atoms with van der Waals surface area (Å²) < 4.78 is 12.2. The van der Waals surface area contributed by atoms with E-state index >= 15 is 0 Å². The number of pyridine rings is 1. The molecule has 0 saturated heterocycles. The third-order valence-corrected chi connectivity index (χ3v) is 5.81. The van der Waals surface area contributed by atoms with E-state index < -0.39 is 0 Å². The molecule has 1 aromatic heterocycles. The zero-order valence-electron chi connectivity index (χ0n) is 17.3. The van der Waals surface area contributed by atoms with Crippen molar-refractivity contribution < 1.29 is 14.3 Å². The van der Waals surface area contributed by atoms with Gasteiger partial charge in [0.15, 0.2) is 11.5 Å². The molecule has 7 nitrogen and oxygen atoms in total. The van der Waals surface area contributed by atoms with E-state index in [2.05, 4.69) is 22.3 Å². The molecule has 3 heterocycles. The van der Waals surface area contributed by atoms with Gasteiger partial charge < -0.3 is 19.7 Å². The Kier molecular flexibility index (Phi) is 4.86. The molecule has 0 bridgehead atoms. The van der Waals surface area contributed by atoms with E-state index in [0.717, 1.165) is 13.0 Å². The SMILES string of the molecule is Cc1ccn(-c2ccc3c(c2)OCO3)c(=O)c1C(=O)NCCN1CCc2ccccc21. The Hall–Kier alpha value is -3.74. The van der Waals surface area contributed by atoms with E-state index in [9.17, 15) is 9.59 Å². The van der Waals surface area contributed by atoms with Crippen molar-refractivity contribution in [1.29, 1.82) is 0 Å². The Balaban J connectivity index is 1.32. The lowest BCUT2D eigenvalue weighted by Crippen LogP contribution is -2.38. The van der Waals surface area contributed by atoms with Gasteiger partial charge in [-0.05, 0) is 48.7 Å². The molecule has 2 aliphatic rings. The number of amides is 1. The number of carbonyl (C=O) groups is 1. The maximum absolute atomic E-state index is 13.1. The number of anilines is 1. The third-order valence-electron chi connectivity index (χ3n) is 5.81. The predicted octanol–water partition coefficient (Wildman–Crippen LogP) is 2.67. The van der Waals surface area contributed by atoms with Crippen LogP contribution >= 0.6 is 0 Å². The number of fused-ring (bicyclic) bond motifs is 2. The Morgan fingerprint density at radius 1 is 1.10 bits per heavy atom. The maximum Gasteiger partial charge on any atom is 0.268 e. The van der Waals surface area contributed by atoms with Gasteiger partial charge in [0.2, 0.25) is 6.79 Å². The summed E-state index contributed by atoms with van der Waals surface area (Å²) in [5.41, 5.74) is 3.62. The molecular formula is C24H23N3O4. The average molecular weight is 417 g/mol. The van der Waals surface area contributed by atoms with Crippen LogP contribution < -0.4 is 25.2 Å². The van der Waals surface area contributed by atoms with Gasteiger partial charge in [-0.15, -0.1) is 0 Å². The van der Waals surface area contributed by atoms with Gasteiger partial charge in [-0.3, -0.25) is 14.2 Å². The number of aromatic nitrogens is 1. The molecule has 3 aromatic rings. The van der Waals surface area contributed by atoms with E-state index in [-0.39, 0.29) is 23.8 Å². The summed E-state index contributed by atoms with van der Waals surface area (Å²) in [5.74, 6) is 0.873. The van der Waals surface area contributed by atoms with Crippen LogP contribution in [0.1, 0.15) is 21.5 Å². The monoisotopic (exact) mass is 417 g/mol. The number of ether oxygens (including phenoxy) is 2. The lowest BCUT2D eigenvalue weighted by Gasteiger charge is -2.19. The quantitative estimate of drug-likeness (QED) is 0.691. The minimum absolute atomic E-state index is 0.155. The highest BCUT2D eigenvalue weighted by Gasteiger charge is 2.20. The summed E-state index contributed by atoms with van der Waals surface area (Å²) in [4.78, 5) is 28.3. The molecule has 7 heteroatoms. The minimum atomic E-state index is -0.358. The Bertz CT molecular complexity index is 1220. The van der Waals surface area contributed by atoms with Crippen molar-refractivity contribution >= 4 is 11.6 Å². The number of hydrogen-bond acceptors (Lipinski definition) is 5. The number of rotatable bonds is 5. The van der Waals surface area contributed by atoms with Gasteiger partial charge in [0.25, 0.3) is 11.5 Å². The first-order valence-corrected chi connectivity index (χ1v) is 10.3. The topological polar surface area (TPSA) is 72.8 Å². The average Bonchev–Trinajstić information content (AvgIpc) is 3.40. The van der Waals surface area contributed by atoms with Gasteiger partial charge in [-0.25, -0.2) is 0 Å². The first kappa shape index (κ1) is 19.2. The normalized spacial score (nSPS) is 13.9. The van der Waals surface area contributed by atoms with Crippen LogP contribution in [0.25, 0.3) is 5.69 Å². The Morgan fingerprint density at radius 2 is 1.94 bits per heavy atom. The standard InChI is InChI=1S/C24H23N3O4/c1-16-8-12-27(18-6-7-20-21(14-18)31-15-30-20)24(29)22(16)23(28)25-10-13-26-11-9-17-4-2-3-5-19(17)26/h2-8,12,14H,9-11,13,15H2,1H3,(H,25,28). The number of aryl methyl sites for hydroxylation is 1. The van der Waals surface area contributed by atoms with Gasteiger partial charge >= 0.3 is 0 Å². The van der Waals surface area contributed by atoms with Crippen molar-refractivity contribution in [2.45, 2.75) is 13.3 Å². The van der Waals surface area contributed by atoms with E-state index in [0.29, 0.717) is 35.8 Å². The van der Waals surface area contributed by atoms with Gasteiger partial charge in [0, 0.05) is 37.6 Å². The van der Waals surface area contributed by atoms with Crippen LogP contribution in [0.4, 0.5) is 5.69 Å². The first-order chi connectivity index (χ1) is 15.1. The molecule has 0 saturated carbocycles. The smallest absolute Gasteiger partial charge is 0.268 e. The third kappa shape index (κ3) is 3.52. The lowest BCUT2D eigenvalue weighted by atomic mass is 10.1. The molecule has 2 aliphatic heterocycles. The molecule has 5 rings (SSSR count). The molecule has 0 atom stereocenters. The highest BCUT2D eigenvalue weighted by atomic mass is 16.7. The highest BCUT2D eigenvalue weighted by molar-refractivity contribution is 5.95. The van der Waals surface area contributed by atoms with Crippen molar-refractivity contribution in [3.05, 3.63) is 81.8 Å². The number of benzene rings is 2. The minimum Gasteiger partial charge on any atom is -0.454 e. The molecule has 1 amide bonds. The van der Waals surface area contributed by atoms with E-state index in [1.54, 1.807) is 37.4 Å². The summed E-state index contributed by atoms with van der Waals surface area (Å²) in [7, 11) is 0. The molecule has 1 N–H and O–H groups in total. The van der Waals surface area contributed by atoms with Gasteiger partial charge in [0.1, 0.15) is 5.56 Å². The van der Waals surface area contributed by atoms with E-state index in [1.165, 1.54) is 15.8 Å².